The third kappa shape index (κ3) is 2.64. The van der Waals surface area contributed by atoms with Crippen LogP contribution in [0.4, 0.5) is 8.63 Å². The maximum atomic E-state index is 16.1. The third-order valence-electron chi connectivity index (χ3n) is 6.70. The van der Waals surface area contributed by atoms with Gasteiger partial charge in [0.15, 0.2) is 5.70 Å². The van der Waals surface area contributed by atoms with Gasteiger partial charge in [0.2, 0.25) is 0 Å². The lowest BCUT2D eigenvalue weighted by Gasteiger charge is -2.34. The standard InChI is InChI=1S/C23H25BCl2F2N2/c1-7-17-12(3)22-21(16-9-10-19(25)20(26)11-16)23-13(4)18(8-2)15(6)30(23)24(27,28)29(22)14(17)5/h9-11H,7-8H2,1-6H3. The van der Waals surface area contributed by atoms with E-state index in [-0.39, 0.29) is 0 Å². The van der Waals surface area contributed by atoms with Gasteiger partial charge in [0.1, 0.15) is 5.71 Å². The molecule has 0 fully saturated rings. The molecule has 0 unspecified atom stereocenters. The van der Waals surface area contributed by atoms with Gasteiger partial charge < -0.3 is 17.6 Å². The Morgan fingerprint density at radius 1 is 1.00 bits per heavy atom. The van der Waals surface area contributed by atoms with E-state index in [0.717, 1.165) is 33.4 Å². The fourth-order valence-corrected chi connectivity index (χ4v) is 5.70. The number of allylic oxidation sites excluding steroid dienone is 2. The summed E-state index contributed by atoms with van der Waals surface area (Å²) in [4.78, 5) is 0. The number of halogens is 4. The van der Waals surface area contributed by atoms with Gasteiger partial charge in [-0.05, 0) is 68.1 Å². The predicted octanol–water partition coefficient (Wildman–Crippen LogP) is 7.18. The molecule has 2 aliphatic rings. The highest BCUT2D eigenvalue weighted by atomic mass is 35.5. The van der Waals surface area contributed by atoms with Crippen LogP contribution in [0.1, 0.15) is 62.2 Å². The van der Waals surface area contributed by atoms with Crippen LogP contribution in [-0.2, 0) is 6.42 Å². The van der Waals surface area contributed by atoms with Crippen molar-refractivity contribution in [3.63, 3.8) is 0 Å². The van der Waals surface area contributed by atoms with Crippen molar-refractivity contribution >= 4 is 41.5 Å². The molecule has 0 aliphatic carbocycles. The van der Waals surface area contributed by atoms with E-state index in [4.69, 9.17) is 23.2 Å². The molecule has 4 rings (SSSR count). The number of nitrogens with zero attached hydrogens (tertiary/aromatic N) is 2. The molecule has 0 radical (unpaired) electrons. The number of rotatable bonds is 3. The minimum Gasteiger partial charge on any atom is -0.393 e. The number of benzene rings is 1. The summed E-state index contributed by atoms with van der Waals surface area (Å²) in [5.41, 5.74) is 7.77. The second-order valence-corrected chi connectivity index (χ2v) is 8.93. The van der Waals surface area contributed by atoms with Crippen molar-refractivity contribution in [2.24, 2.45) is 0 Å². The summed E-state index contributed by atoms with van der Waals surface area (Å²) < 4.78 is 34.8. The number of aromatic nitrogens is 1. The van der Waals surface area contributed by atoms with E-state index in [9.17, 15) is 0 Å². The summed E-state index contributed by atoms with van der Waals surface area (Å²) >= 11 is 12.5. The highest BCUT2D eigenvalue weighted by molar-refractivity contribution is 6.58. The van der Waals surface area contributed by atoms with E-state index in [1.54, 1.807) is 26.0 Å². The summed E-state index contributed by atoms with van der Waals surface area (Å²) in [6.45, 7) is 7.50. The molecule has 30 heavy (non-hydrogen) atoms. The molecule has 3 heterocycles. The van der Waals surface area contributed by atoms with E-state index in [2.05, 4.69) is 0 Å². The topological polar surface area (TPSA) is 7.94 Å². The van der Waals surface area contributed by atoms with Crippen molar-refractivity contribution in [2.75, 3.05) is 0 Å². The van der Waals surface area contributed by atoms with Gasteiger partial charge in [-0.2, -0.15) is 0 Å². The summed E-state index contributed by atoms with van der Waals surface area (Å²) in [5.74, 6) is 0. The number of hydrogen-bond donors (Lipinski definition) is 0. The Morgan fingerprint density at radius 2 is 1.67 bits per heavy atom. The second-order valence-electron chi connectivity index (χ2n) is 8.11. The predicted molar refractivity (Wildman–Crippen MR) is 123 cm³/mol. The van der Waals surface area contributed by atoms with Crippen LogP contribution in [0.2, 0.25) is 10.0 Å². The average molecular weight is 449 g/mol. The molecule has 7 heteroatoms. The highest BCUT2D eigenvalue weighted by Crippen LogP contribution is 2.47. The highest BCUT2D eigenvalue weighted by Gasteiger charge is 2.56. The first kappa shape index (κ1) is 21.4. The van der Waals surface area contributed by atoms with Crippen LogP contribution >= 0.6 is 23.2 Å². The van der Waals surface area contributed by atoms with E-state index < -0.39 is 6.97 Å². The summed E-state index contributed by atoms with van der Waals surface area (Å²) in [5, 5.41) is 0.859. The Bertz CT molecular complexity index is 1200. The lowest BCUT2D eigenvalue weighted by molar-refractivity contribution is -0.363. The van der Waals surface area contributed by atoms with Crippen molar-refractivity contribution in [1.82, 2.24) is 4.48 Å². The average Bonchev–Trinajstić information content (AvgIpc) is 3.09. The minimum absolute atomic E-state index is 0.413. The molecule has 0 atom stereocenters. The van der Waals surface area contributed by atoms with Crippen LogP contribution in [0.5, 0.6) is 0 Å². The normalized spacial score (nSPS) is 17.8. The molecular weight excluding hydrogens is 424 g/mol. The Hall–Kier alpha value is -1.85. The van der Waals surface area contributed by atoms with Crippen LogP contribution in [-0.4, -0.2) is 21.6 Å². The lowest BCUT2D eigenvalue weighted by Crippen LogP contribution is -2.51. The zero-order valence-corrected chi connectivity index (χ0v) is 19.6. The summed E-state index contributed by atoms with van der Waals surface area (Å²) in [6, 6.07) is 5.39. The molecule has 2 aliphatic heterocycles. The monoisotopic (exact) mass is 448 g/mol. The van der Waals surface area contributed by atoms with Gasteiger partial charge in [-0.3, -0.25) is 0 Å². The SMILES string of the molecule is CCC1=C(C)C2=C(c3ccc(Cl)c(Cl)c3)c3c(C)c(CC)c(C)n3[B-](F)(F)[N+]2=C1C. The molecule has 0 bridgehead atoms. The molecule has 0 spiro atoms. The zero-order chi connectivity index (χ0) is 22.1. The summed E-state index contributed by atoms with van der Waals surface area (Å²) in [6.07, 6.45) is 1.40. The van der Waals surface area contributed by atoms with Crippen molar-refractivity contribution in [3.8, 4) is 0 Å². The van der Waals surface area contributed by atoms with E-state index in [0.29, 0.717) is 45.7 Å². The molecule has 0 amide bonds. The first-order chi connectivity index (χ1) is 14.1. The van der Waals surface area contributed by atoms with Gasteiger partial charge in [0.25, 0.3) is 0 Å². The van der Waals surface area contributed by atoms with Crippen molar-refractivity contribution in [2.45, 2.75) is 54.4 Å². The quantitative estimate of drug-likeness (QED) is 0.439. The molecule has 158 valence electrons. The van der Waals surface area contributed by atoms with Gasteiger partial charge in [-0.1, -0.05) is 43.1 Å². The maximum Gasteiger partial charge on any atom is 0.737 e. The third-order valence-corrected chi connectivity index (χ3v) is 7.44. The maximum absolute atomic E-state index is 16.1. The first-order valence-electron chi connectivity index (χ1n) is 10.3. The molecule has 0 saturated heterocycles. The van der Waals surface area contributed by atoms with Gasteiger partial charge in [0.05, 0.1) is 15.6 Å². The fraction of sp³-hybridized carbons (Fsp3) is 0.348. The molecule has 2 aromatic rings. The number of fused-ring (bicyclic) bond motifs is 2. The Labute approximate surface area is 186 Å². The van der Waals surface area contributed by atoms with Crippen molar-refractivity contribution in [1.29, 1.82) is 0 Å². The number of hydrogen-bond acceptors (Lipinski definition) is 0. The van der Waals surface area contributed by atoms with Crippen LogP contribution < -0.4 is 0 Å². The Kier molecular flexibility index (Phi) is 5.06. The molecular formula is C23H25BCl2F2N2. The van der Waals surface area contributed by atoms with E-state index in [1.165, 1.54) is 8.96 Å². The van der Waals surface area contributed by atoms with E-state index >= 15 is 8.63 Å². The van der Waals surface area contributed by atoms with Crippen molar-refractivity contribution < 1.29 is 13.1 Å². The lowest BCUT2D eigenvalue weighted by atomic mass is 9.83. The first-order valence-corrected chi connectivity index (χ1v) is 11.1. The fourth-order valence-electron chi connectivity index (χ4n) is 5.40. The van der Waals surface area contributed by atoms with Crippen LogP contribution in [0.15, 0.2) is 35.0 Å². The minimum atomic E-state index is -4.02. The Balaban J connectivity index is 2.23. The second kappa shape index (κ2) is 7.10. The largest absolute Gasteiger partial charge is 0.737 e. The van der Waals surface area contributed by atoms with Crippen LogP contribution in [0.3, 0.4) is 0 Å². The molecule has 0 saturated carbocycles. The van der Waals surface area contributed by atoms with Crippen LogP contribution in [0, 0.1) is 13.8 Å². The van der Waals surface area contributed by atoms with E-state index in [1.807, 2.05) is 33.8 Å². The van der Waals surface area contributed by atoms with Gasteiger partial charge in [-0.25, -0.2) is 0 Å². The molecule has 2 nitrogen and oxygen atoms in total. The zero-order valence-electron chi connectivity index (χ0n) is 18.1. The van der Waals surface area contributed by atoms with Crippen molar-refractivity contribution in [3.05, 3.63) is 73.2 Å². The summed E-state index contributed by atoms with van der Waals surface area (Å²) in [7, 11) is 0. The molecule has 0 N–H and O–H groups in total. The smallest absolute Gasteiger partial charge is 0.393 e. The van der Waals surface area contributed by atoms with Gasteiger partial charge >= 0.3 is 6.97 Å². The van der Waals surface area contributed by atoms with Crippen LogP contribution in [0.25, 0.3) is 5.57 Å². The Morgan fingerprint density at radius 3 is 2.23 bits per heavy atom. The molecule has 1 aromatic heterocycles. The van der Waals surface area contributed by atoms with Gasteiger partial charge in [-0.15, -0.1) is 0 Å². The molecule has 1 aromatic carbocycles. The van der Waals surface area contributed by atoms with Gasteiger partial charge in [0, 0.05) is 23.8 Å².